The number of nitrogen functional groups attached to an aromatic ring is 1. The fraction of sp³-hybridized carbons (Fsp3) is 0.136. The molecule has 1 aliphatic heterocycles. The molecule has 0 aliphatic carbocycles. The van der Waals surface area contributed by atoms with Crippen molar-refractivity contribution in [1.82, 2.24) is 4.98 Å². The van der Waals surface area contributed by atoms with Gasteiger partial charge in [-0.3, -0.25) is 14.6 Å². The maximum absolute atomic E-state index is 14.3. The smallest absolute Gasteiger partial charge is 0.260 e. The van der Waals surface area contributed by atoms with Crippen molar-refractivity contribution < 1.29 is 14.0 Å². The topological polar surface area (TPSA) is 76.3 Å². The molecule has 0 atom stereocenters. The SMILES string of the molecule is Nc1cc(CN(C(=O)c2cccnc2)c2cccc3c2SCC3)cc(F)c1C=O. The molecule has 1 aliphatic rings. The third-order valence-electron chi connectivity index (χ3n) is 4.82. The molecule has 0 spiro atoms. The van der Waals surface area contributed by atoms with Crippen LogP contribution in [0.15, 0.2) is 59.8 Å². The van der Waals surface area contributed by atoms with Crippen molar-refractivity contribution in [2.45, 2.75) is 17.9 Å². The van der Waals surface area contributed by atoms with E-state index < -0.39 is 5.82 Å². The fourth-order valence-corrected chi connectivity index (χ4v) is 4.63. The number of carbonyl (C=O) groups is 2. The van der Waals surface area contributed by atoms with Gasteiger partial charge >= 0.3 is 0 Å². The maximum atomic E-state index is 14.3. The van der Waals surface area contributed by atoms with Gasteiger partial charge in [-0.05, 0) is 47.9 Å². The van der Waals surface area contributed by atoms with Gasteiger partial charge in [0, 0.05) is 28.7 Å². The van der Waals surface area contributed by atoms with E-state index in [9.17, 15) is 14.0 Å². The number of thioether (sulfide) groups is 1. The number of benzene rings is 2. The number of anilines is 2. The summed E-state index contributed by atoms with van der Waals surface area (Å²) in [7, 11) is 0. The first-order valence-electron chi connectivity index (χ1n) is 9.08. The van der Waals surface area contributed by atoms with E-state index in [1.165, 1.54) is 23.9 Å². The summed E-state index contributed by atoms with van der Waals surface area (Å²) < 4.78 is 14.3. The van der Waals surface area contributed by atoms with E-state index >= 15 is 0 Å². The number of amides is 1. The molecular formula is C22H18FN3O2S. The summed E-state index contributed by atoms with van der Waals surface area (Å²) in [6.45, 7) is 0.116. The quantitative estimate of drug-likeness (QED) is 0.509. The van der Waals surface area contributed by atoms with Crippen LogP contribution in [0.2, 0.25) is 0 Å². The Bertz CT molecular complexity index is 1070. The van der Waals surface area contributed by atoms with Crippen LogP contribution in [0.1, 0.15) is 31.8 Å². The van der Waals surface area contributed by atoms with Gasteiger partial charge in [-0.1, -0.05) is 12.1 Å². The number of pyridine rings is 1. The lowest BCUT2D eigenvalue weighted by Crippen LogP contribution is -2.31. The van der Waals surface area contributed by atoms with Crippen LogP contribution in [0.25, 0.3) is 0 Å². The number of carbonyl (C=O) groups excluding carboxylic acids is 2. The zero-order valence-corrected chi connectivity index (χ0v) is 16.3. The molecule has 1 aromatic heterocycles. The Hall–Kier alpha value is -3.19. The molecule has 0 fully saturated rings. The average Bonchev–Trinajstić information content (AvgIpc) is 3.21. The monoisotopic (exact) mass is 407 g/mol. The number of halogens is 1. The minimum absolute atomic E-state index is 0.0523. The number of rotatable bonds is 5. The van der Waals surface area contributed by atoms with Crippen LogP contribution in [0, 0.1) is 5.82 Å². The molecule has 146 valence electrons. The number of nitrogens with zero attached hydrogens (tertiary/aromatic N) is 2. The highest BCUT2D eigenvalue weighted by atomic mass is 32.2. The number of aromatic nitrogens is 1. The minimum atomic E-state index is -0.698. The van der Waals surface area contributed by atoms with Gasteiger partial charge in [-0.25, -0.2) is 4.39 Å². The molecule has 5 nitrogen and oxygen atoms in total. The molecule has 2 aromatic carbocycles. The van der Waals surface area contributed by atoms with Gasteiger partial charge in [-0.15, -0.1) is 11.8 Å². The second-order valence-corrected chi connectivity index (χ2v) is 7.80. The van der Waals surface area contributed by atoms with Crippen molar-refractivity contribution in [1.29, 1.82) is 0 Å². The lowest BCUT2D eigenvalue weighted by Gasteiger charge is -2.25. The first-order valence-corrected chi connectivity index (χ1v) is 10.1. The summed E-state index contributed by atoms with van der Waals surface area (Å²) in [5.74, 6) is 0.0190. The number of hydrogen-bond donors (Lipinski definition) is 1. The summed E-state index contributed by atoms with van der Waals surface area (Å²) in [5.41, 5.74) is 8.62. The Morgan fingerprint density at radius 3 is 2.86 bits per heavy atom. The van der Waals surface area contributed by atoms with Crippen LogP contribution in [-0.2, 0) is 13.0 Å². The fourth-order valence-electron chi connectivity index (χ4n) is 3.42. The van der Waals surface area contributed by atoms with Crippen molar-refractivity contribution in [3.8, 4) is 0 Å². The van der Waals surface area contributed by atoms with E-state index in [4.69, 9.17) is 5.73 Å². The third-order valence-corrected chi connectivity index (χ3v) is 5.99. The van der Waals surface area contributed by atoms with E-state index in [1.54, 1.807) is 35.0 Å². The highest BCUT2D eigenvalue weighted by Crippen LogP contribution is 2.40. The van der Waals surface area contributed by atoms with Crippen LogP contribution in [0.5, 0.6) is 0 Å². The summed E-state index contributed by atoms with van der Waals surface area (Å²) in [6, 6.07) is 12.1. The lowest BCUT2D eigenvalue weighted by atomic mass is 10.1. The number of aldehydes is 1. The van der Waals surface area contributed by atoms with Gasteiger partial charge < -0.3 is 10.6 Å². The van der Waals surface area contributed by atoms with E-state index in [-0.39, 0.29) is 23.7 Å². The molecule has 0 bridgehead atoms. The molecule has 0 unspecified atom stereocenters. The summed E-state index contributed by atoms with van der Waals surface area (Å²) in [4.78, 5) is 31.1. The number of nitrogens with two attached hydrogens (primary N) is 1. The van der Waals surface area contributed by atoms with E-state index in [0.29, 0.717) is 17.4 Å². The van der Waals surface area contributed by atoms with Gasteiger partial charge in [0.15, 0.2) is 6.29 Å². The first kappa shape index (κ1) is 19.1. The van der Waals surface area contributed by atoms with Crippen molar-refractivity contribution in [3.63, 3.8) is 0 Å². The molecule has 0 saturated heterocycles. The molecule has 2 N–H and O–H groups in total. The largest absolute Gasteiger partial charge is 0.398 e. The molecule has 4 rings (SSSR count). The molecule has 0 saturated carbocycles. The van der Waals surface area contributed by atoms with Crippen molar-refractivity contribution in [2.75, 3.05) is 16.4 Å². The highest BCUT2D eigenvalue weighted by Gasteiger charge is 2.25. The van der Waals surface area contributed by atoms with Crippen LogP contribution >= 0.6 is 11.8 Å². The Labute approximate surface area is 171 Å². The van der Waals surface area contributed by atoms with Gasteiger partial charge in [0.05, 0.1) is 23.4 Å². The van der Waals surface area contributed by atoms with Gasteiger partial charge in [0.25, 0.3) is 5.91 Å². The van der Waals surface area contributed by atoms with Crippen LogP contribution < -0.4 is 10.6 Å². The molecule has 7 heteroatoms. The standard InChI is InChI=1S/C22H18FN3O2S/c23-18-9-14(10-19(24)17(18)13-27)12-26(22(28)16-4-2-7-25-11-16)20-5-1-3-15-6-8-29-21(15)20/h1-5,7,9-11,13H,6,8,12,24H2. The Balaban J connectivity index is 1.79. The van der Waals surface area contributed by atoms with E-state index in [0.717, 1.165) is 22.8 Å². The molecule has 3 aromatic rings. The normalized spacial score (nSPS) is 12.4. The zero-order chi connectivity index (χ0) is 20.4. The maximum Gasteiger partial charge on any atom is 0.260 e. The average molecular weight is 407 g/mol. The minimum Gasteiger partial charge on any atom is -0.398 e. The van der Waals surface area contributed by atoms with Crippen LogP contribution in [0.4, 0.5) is 15.8 Å². The Morgan fingerprint density at radius 2 is 2.14 bits per heavy atom. The van der Waals surface area contributed by atoms with Crippen molar-refractivity contribution >= 4 is 35.3 Å². The van der Waals surface area contributed by atoms with E-state index in [2.05, 4.69) is 11.1 Å². The van der Waals surface area contributed by atoms with Gasteiger partial charge in [-0.2, -0.15) is 0 Å². The van der Waals surface area contributed by atoms with Gasteiger partial charge in [0.1, 0.15) is 5.82 Å². The summed E-state index contributed by atoms with van der Waals surface area (Å²) in [5, 5.41) is 0. The van der Waals surface area contributed by atoms with Crippen LogP contribution in [-0.4, -0.2) is 22.9 Å². The molecule has 29 heavy (non-hydrogen) atoms. The van der Waals surface area contributed by atoms with Crippen molar-refractivity contribution in [2.24, 2.45) is 0 Å². The predicted molar refractivity (Wildman–Crippen MR) is 112 cm³/mol. The molecule has 0 radical (unpaired) electrons. The summed E-state index contributed by atoms with van der Waals surface area (Å²) in [6.07, 6.45) is 4.45. The summed E-state index contributed by atoms with van der Waals surface area (Å²) >= 11 is 1.70. The highest BCUT2D eigenvalue weighted by molar-refractivity contribution is 7.99. The van der Waals surface area contributed by atoms with Crippen molar-refractivity contribution in [3.05, 3.63) is 82.9 Å². The Morgan fingerprint density at radius 1 is 1.28 bits per heavy atom. The van der Waals surface area contributed by atoms with E-state index in [1.807, 2.05) is 12.1 Å². The second-order valence-electron chi connectivity index (χ2n) is 6.70. The first-order chi connectivity index (χ1) is 14.1. The zero-order valence-electron chi connectivity index (χ0n) is 15.5. The molecule has 1 amide bonds. The third kappa shape index (κ3) is 3.73. The number of fused-ring (bicyclic) bond motifs is 1. The van der Waals surface area contributed by atoms with Gasteiger partial charge in [0.2, 0.25) is 0 Å². The number of aryl methyl sites for hydroxylation is 1. The Kier molecular flexibility index (Phi) is 5.31. The lowest BCUT2D eigenvalue weighted by molar-refractivity contribution is 0.0983. The molecule has 2 heterocycles. The predicted octanol–water partition coefficient (Wildman–Crippen LogP) is 4.11. The number of hydrogen-bond acceptors (Lipinski definition) is 5. The second kappa shape index (κ2) is 8.05. The van der Waals surface area contributed by atoms with Crippen LogP contribution in [0.3, 0.4) is 0 Å². The molecular weight excluding hydrogens is 389 g/mol.